The normalized spacial score (nSPS) is 11.5. The van der Waals surface area contributed by atoms with Crippen LogP contribution in [0.4, 0.5) is 0 Å². The largest absolute Gasteiger partial charge is 0.505 e. The van der Waals surface area contributed by atoms with Gasteiger partial charge in [0.1, 0.15) is 34.0 Å². The first-order chi connectivity index (χ1) is 14.8. The first-order valence-corrected chi connectivity index (χ1v) is 10.3. The summed E-state index contributed by atoms with van der Waals surface area (Å²) >= 11 is 0. The molecule has 0 unspecified atom stereocenters. The number of fused-ring (bicyclic) bond motifs is 4. The molecule has 0 radical (unpaired) electrons. The van der Waals surface area contributed by atoms with E-state index in [1.165, 1.54) is 0 Å². The van der Waals surface area contributed by atoms with E-state index in [-0.39, 0.29) is 12.4 Å². The summed E-state index contributed by atoms with van der Waals surface area (Å²) < 4.78 is 20.5. The molecule has 0 bridgehead atoms. The third-order valence-corrected chi connectivity index (χ3v) is 5.18. The highest BCUT2D eigenvalue weighted by Gasteiger charge is 2.28. The van der Waals surface area contributed by atoms with Gasteiger partial charge in [0.25, 0.3) is 0 Å². The molecule has 0 fully saturated rings. The molecule has 0 aliphatic carbocycles. The van der Waals surface area contributed by atoms with Crippen molar-refractivity contribution >= 4 is 17.0 Å². The van der Waals surface area contributed by atoms with Gasteiger partial charge in [0, 0.05) is 23.6 Å². The summed E-state index contributed by atoms with van der Waals surface area (Å²) in [5.74, 6) is 1.23. The van der Waals surface area contributed by atoms with Gasteiger partial charge in [-0.1, -0.05) is 6.58 Å². The van der Waals surface area contributed by atoms with E-state index < -0.39 is 5.97 Å². The van der Waals surface area contributed by atoms with Gasteiger partial charge in [-0.05, 0) is 51.5 Å². The van der Waals surface area contributed by atoms with Crippen LogP contribution in [0.1, 0.15) is 31.4 Å². The van der Waals surface area contributed by atoms with Crippen molar-refractivity contribution in [3.05, 3.63) is 47.5 Å². The number of esters is 1. The number of carbonyl (C=O) groups is 1. The molecule has 0 atom stereocenters. The lowest BCUT2D eigenvalue weighted by molar-refractivity contribution is -0.139. The number of aromatic hydroxyl groups is 1. The van der Waals surface area contributed by atoms with Gasteiger partial charge in [0.2, 0.25) is 0 Å². The fourth-order valence-electron chi connectivity index (χ4n) is 3.61. The number of benzene rings is 2. The average molecular weight is 425 g/mol. The number of hydrogen-bond acceptors (Lipinski definition) is 5. The van der Waals surface area contributed by atoms with E-state index in [9.17, 15) is 9.90 Å². The summed E-state index contributed by atoms with van der Waals surface area (Å²) in [7, 11) is 0. The smallest absolute Gasteiger partial charge is 0.333 e. The van der Waals surface area contributed by atoms with Crippen LogP contribution < -0.4 is 9.47 Å². The van der Waals surface area contributed by atoms with Gasteiger partial charge in [-0.15, -0.1) is 14.1 Å². The topological polar surface area (TPSA) is 78.7 Å². The first-order valence-electron chi connectivity index (χ1n) is 10.3. The van der Waals surface area contributed by atoms with Crippen molar-refractivity contribution in [1.29, 1.82) is 0 Å². The number of ether oxygens (including phenoxy) is 3. The molecule has 0 aliphatic heterocycles. The first kappa shape index (κ1) is 20.7. The van der Waals surface area contributed by atoms with Crippen molar-refractivity contribution < 1.29 is 24.1 Å². The number of aryl methyl sites for hydroxylation is 1. The Morgan fingerprint density at radius 3 is 2.55 bits per heavy atom. The van der Waals surface area contributed by atoms with Gasteiger partial charge < -0.3 is 19.3 Å². The van der Waals surface area contributed by atoms with Crippen molar-refractivity contribution in [2.45, 2.75) is 34.1 Å². The van der Waals surface area contributed by atoms with E-state index >= 15 is 0 Å². The third-order valence-electron chi connectivity index (χ3n) is 5.18. The molecule has 4 aromatic rings. The zero-order valence-electron chi connectivity index (χ0n) is 18.3. The summed E-state index contributed by atoms with van der Waals surface area (Å²) in [4.78, 5) is 13.3. The minimum atomic E-state index is -0.401. The predicted molar refractivity (Wildman–Crippen MR) is 117 cm³/mol. The molecule has 2 aromatic carbocycles. The Bertz CT molecular complexity index is 1260. The van der Waals surface area contributed by atoms with Crippen LogP contribution in [-0.4, -0.2) is 45.0 Å². The molecule has 8 heteroatoms. The number of hydrogen-bond donors (Lipinski definition) is 1. The van der Waals surface area contributed by atoms with Crippen LogP contribution in [0.3, 0.4) is 0 Å². The van der Waals surface area contributed by atoms with Crippen LogP contribution in [0.15, 0.2) is 36.4 Å². The minimum Gasteiger partial charge on any atom is -0.505 e. The number of nitrogens with zero attached hydrogens (tertiary/aromatic N) is 3. The molecule has 31 heavy (non-hydrogen) atoms. The number of phenolic OH excluding ortho intramolecular Hbond substituents is 1. The Morgan fingerprint density at radius 1 is 1.10 bits per heavy atom. The van der Waals surface area contributed by atoms with E-state index in [2.05, 4.69) is 6.58 Å². The lowest BCUT2D eigenvalue weighted by Crippen LogP contribution is -2.10. The third kappa shape index (κ3) is 3.58. The second-order valence-electron chi connectivity index (χ2n) is 7.59. The van der Waals surface area contributed by atoms with Gasteiger partial charge in [0.15, 0.2) is 0 Å². The van der Waals surface area contributed by atoms with Crippen LogP contribution in [0.25, 0.3) is 16.7 Å². The van der Waals surface area contributed by atoms with Crippen LogP contribution in [0, 0.1) is 13.8 Å². The highest BCUT2D eigenvalue weighted by molar-refractivity contribution is 5.86. The molecule has 0 amide bonds. The molecular formula is C23H27N3O5. The fraction of sp³-hybridized carbons (Fsp3) is 0.348. The van der Waals surface area contributed by atoms with Crippen molar-refractivity contribution in [2.75, 3.05) is 19.8 Å². The van der Waals surface area contributed by atoms with E-state index in [1.54, 1.807) is 6.92 Å². The highest BCUT2D eigenvalue weighted by Crippen LogP contribution is 2.39. The van der Waals surface area contributed by atoms with Crippen LogP contribution in [0.5, 0.6) is 17.2 Å². The molecule has 0 saturated heterocycles. The quantitative estimate of drug-likeness (QED) is 0.249. The molecule has 1 N–H and O–H groups in total. The molecule has 164 valence electrons. The minimum absolute atomic E-state index is 0.166. The van der Waals surface area contributed by atoms with Crippen LogP contribution in [-0.2, 0) is 9.53 Å². The number of phenols is 1. The van der Waals surface area contributed by atoms with Gasteiger partial charge in [-0.25, -0.2) is 4.79 Å². The highest BCUT2D eigenvalue weighted by atomic mass is 16.5. The SMILES string of the molecule is C=C(C)C(=O)OCCCOc1c(C)cc(-n2n3c4ccc(OCC)cc4n23)c(O)c1C. The maximum Gasteiger partial charge on any atom is 0.333 e. The lowest BCUT2D eigenvalue weighted by Gasteiger charge is -2.15. The lowest BCUT2D eigenvalue weighted by atomic mass is 10.1. The zero-order valence-corrected chi connectivity index (χ0v) is 18.3. The Kier molecular flexibility index (Phi) is 5.31. The van der Waals surface area contributed by atoms with Gasteiger partial charge in [-0.2, -0.15) is 0 Å². The van der Waals surface area contributed by atoms with Gasteiger partial charge >= 0.3 is 5.97 Å². The summed E-state index contributed by atoms with van der Waals surface area (Å²) in [6.45, 7) is 12.1. The molecule has 4 rings (SSSR count). The number of carbonyl (C=O) groups excluding carboxylic acids is 1. The second kappa shape index (κ2) is 7.94. The molecule has 2 aromatic heterocycles. The number of aromatic nitrogens is 3. The van der Waals surface area contributed by atoms with Crippen molar-refractivity contribution in [1.82, 2.24) is 14.1 Å². The molecule has 0 saturated carbocycles. The molecular weight excluding hydrogens is 398 g/mol. The molecule has 0 aliphatic rings. The summed E-state index contributed by atoms with van der Waals surface area (Å²) in [6.07, 6.45) is 0.547. The van der Waals surface area contributed by atoms with Crippen molar-refractivity contribution in [3.8, 4) is 22.9 Å². The van der Waals surface area contributed by atoms with E-state index in [1.807, 2.05) is 59.1 Å². The van der Waals surface area contributed by atoms with E-state index in [4.69, 9.17) is 14.2 Å². The summed E-state index contributed by atoms with van der Waals surface area (Å²) in [5, 5.41) is 10.9. The molecule has 0 spiro atoms. The number of rotatable bonds is 9. The Morgan fingerprint density at radius 2 is 1.84 bits per heavy atom. The second-order valence-corrected chi connectivity index (χ2v) is 7.59. The molecule has 2 heterocycles. The van der Waals surface area contributed by atoms with E-state index in [0.29, 0.717) is 42.2 Å². The predicted octanol–water partition coefficient (Wildman–Crippen LogP) is 4.03. The monoisotopic (exact) mass is 425 g/mol. The van der Waals surface area contributed by atoms with Crippen LogP contribution >= 0.6 is 0 Å². The average Bonchev–Trinajstić information content (AvgIpc) is 3.39. The molecule has 8 nitrogen and oxygen atoms in total. The Labute approximate surface area is 180 Å². The van der Waals surface area contributed by atoms with Crippen molar-refractivity contribution in [3.63, 3.8) is 0 Å². The standard InChI is InChI=1S/C23H27N3O5/c1-6-29-17-8-9-18-19(13-17)25-24(18)26(25)20-12-15(4)22(16(5)21(20)27)30-10-7-11-31-23(28)14(2)3/h8-9,12-13,27H,2,6-7,10-11H2,1,3-5H3. The fourth-order valence-corrected chi connectivity index (χ4v) is 3.61. The van der Waals surface area contributed by atoms with Gasteiger partial charge in [0.05, 0.1) is 19.8 Å². The zero-order chi connectivity index (χ0) is 22.3. The van der Waals surface area contributed by atoms with Gasteiger partial charge in [-0.3, -0.25) is 0 Å². The Hall–Kier alpha value is -3.55. The summed E-state index contributed by atoms with van der Waals surface area (Å²) in [6, 6.07) is 7.84. The summed E-state index contributed by atoms with van der Waals surface area (Å²) in [5.41, 5.74) is 4.73. The maximum atomic E-state index is 11.4. The van der Waals surface area contributed by atoms with Crippen molar-refractivity contribution in [2.24, 2.45) is 0 Å². The van der Waals surface area contributed by atoms with E-state index in [0.717, 1.165) is 22.3 Å². The maximum absolute atomic E-state index is 11.4. The van der Waals surface area contributed by atoms with Crippen LogP contribution in [0.2, 0.25) is 0 Å². The Balaban J connectivity index is 1.50.